The molecule has 0 saturated carbocycles. The van der Waals surface area contributed by atoms with Crippen molar-refractivity contribution in [1.82, 2.24) is 21.1 Å². The lowest BCUT2D eigenvalue weighted by Gasteiger charge is -2.34. The molecule has 1 rings (SSSR count). The molecule has 9 nitrogen and oxygen atoms in total. The largest absolute Gasteiger partial charge is 0.468 e. The number of amides is 3. The van der Waals surface area contributed by atoms with Gasteiger partial charge in [-0.2, -0.15) is 0 Å². The van der Waals surface area contributed by atoms with Crippen molar-refractivity contribution in [1.29, 1.82) is 0 Å². The number of rotatable bonds is 9. The minimum Gasteiger partial charge on any atom is -0.468 e. The number of hydrogen-bond acceptors (Lipinski definition) is 6. The van der Waals surface area contributed by atoms with E-state index in [-0.39, 0.29) is 23.7 Å². The molecule has 0 aromatic heterocycles. The van der Waals surface area contributed by atoms with Crippen molar-refractivity contribution in [3.05, 3.63) is 12.7 Å². The van der Waals surface area contributed by atoms with Crippen molar-refractivity contribution in [2.75, 3.05) is 13.7 Å². The first-order valence-electron chi connectivity index (χ1n) is 9.99. The van der Waals surface area contributed by atoms with Crippen LogP contribution in [-0.2, 0) is 23.9 Å². The molecule has 0 unspecified atom stereocenters. The van der Waals surface area contributed by atoms with Gasteiger partial charge in [0.25, 0.3) is 5.91 Å². The lowest BCUT2D eigenvalue weighted by atomic mass is 10.0. The summed E-state index contributed by atoms with van der Waals surface area (Å²) < 4.78 is 4.72. The van der Waals surface area contributed by atoms with Crippen LogP contribution >= 0.6 is 0 Å². The number of methoxy groups -OCH3 is 1. The summed E-state index contributed by atoms with van der Waals surface area (Å²) in [5, 5.41) is 6.76. The Balaban J connectivity index is 2.71. The van der Waals surface area contributed by atoms with Crippen LogP contribution in [0.2, 0.25) is 0 Å². The van der Waals surface area contributed by atoms with Crippen LogP contribution in [0.4, 0.5) is 0 Å². The first-order chi connectivity index (χ1) is 13.6. The number of nitrogens with one attached hydrogen (secondary N) is 3. The van der Waals surface area contributed by atoms with E-state index < -0.39 is 30.0 Å². The van der Waals surface area contributed by atoms with E-state index in [9.17, 15) is 19.2 Å². The van der Waals surface area contributed by atoms with Gasteiger partial charge < -0.3 is 15.4 Å². The Bertz CT molecular complexity index is 622. The molecule has 0 aromatic rings. The van der Waals surface area contributed by atoms with Gasteiger partial charge in [-0.15, -0.1) is 6.58 Å². The van der Waals surface area contributed by atoms with Crippen LogP contribution in [0.15, 0.2) is 12.7 Å². The van der Waals surface area contributed by atoms with Gasteiger partial charge in [0.1, 0.15) is 18.1 Å². The number of allylic oxidation sites excluding steroid dienone is 1. The molecule has 4 atom stereocenters. The number of nitrogens with zero attached hydrogens (tertiary/aromatic N) is 1. The highest BCUT2D eigenvalue weighted by Crippen LogP contribution is 2.11. The van der Waals surface area contributed by atoms with E-state index in [4.69, 9.17) is 4.74 Å². The van der Waals surface area contributed by atoms with Crippen LogP contribution in [-0.4, -0.2) is 60.5 Å². The van der Waals surface area contributed by atoms with Crippen LogP contribution in [0, 0.1) is 11.8 Å². The highest BCUT2D eigenvalue weighted by Gasteiger charge is 2.33. The Morgan fingerprint density at radius 3 is 2.38 bits per heavy atom. The summed E-state index contributed by atoms with van der Waals surface area (Å²) in [4.78, 5) is 49.4. The molecule has 3 amide bonds. The lowest BCUT2D eigenvalue weighted by molar-refractivity contribution is -0.150. The van der Waals surface area contributed by atoms with Gasteiger partial charge in [0, 0.05) is 12.5 Å². The van der Waals surface area contributed by atoms with Gasteiger partial charge >= 0.3 is 5.97 Å². The number of hydrazine groups is 1. The monoisotopic (exact) mass is 410 g/mol. The van der Waals surface area contributed by atoms with E-state index in [0.29, 0.717) is 25.8 Å². The van der Waals surface area contributed by atoms with E-state index in [1.165, 1.54) is 12.1 Å². The van der Waals surface area contributed by atoms with Gasteiger partial charge in [-0.05, 0) is 32.1 Å². The Morgan fingerprint density at radius 2 is 1.83 bits per heavy atom. The third-order valence-corrected chi connectivity index (χ3v) is 4.88. The smallest absolute Gasteiger partial charge is 0.324 e. The van der Waals surface area contributed by atoms with Gasteiger partial charge in [0.15, 0.2) is 0 Å². The lowest BCUT2D eigenvalue weighted by Crippen LogP contribution is -2.61. The third kappa shape index (κ3) is 7.16. The summed E-state index contributed by atoms with van der Waals surface area (Å²) in [5.41, 5.74) is 2.85. The minimum atomic E-state index is -0.824. The summed E-state index contributed by atoms with van der Waals surface area (Å²) >= 11 is 0. The quantitative estimate of drug-likeness (QED) is 0.377. The van der Waals surface area contributed by atoms with Crippen molar-refractivity contribution >= 4 is 23.7 Å². The zero-order valence-electron chi connectivity index (χ0n) is 18.0. The van der Waals surface area contributed by atoms with Gasteiger partial charge in [0.05, 0.1) is 7.11 Å². The van der Waals surface area contributed by atoms with Crippen LogP contribution in [0.3, 0.4) is 0 Å². The molecule has 1 saturated heterocycles. The maximum Gasteiger partial charge on any atom is 0.324 e. The molecule has 29 heavy (non-hydrogen) atoms. The van der Waals surface area contributed by atoms with Gasteiger partial charge in [-0.1, -0.05) is 26.8 Å². The number of hydrogen-bond donors (Lipinski definition) is 3. The highest BCUT2D eigenvalue weighted by molar-refractivity contribution is 5.92. The maximum absolute atomic E-state index is 12.7. The zero-order chi connectivity index (χ0) is 22.1. The van der Waals surface area contributed by atoms with Crippen molar-refractivity contribution in [2.24, 2.45) is 11.8 Å². The number of carbonyl (C=O) groups is 4. The SMILES string of the molecule is C=CC[C@@H](C)C(=O)N[C@H](C(=O)N[C@@H](C)C(=O)N1CCC[C@@H](C(=O)OC)N1)C(C)C. The summed E-state index contributed by atoms with van der Waals surface area (Å²) in [6.45, 7) is 11.0. The van der Waals surface area contributed by atoms with E-state index in [2.05, 4.69) is 22.6 Å². The molecule has 9 heteroatoms. The molecule has 1 aliphatic heterocycles. The molecule has 164 valence electrons. The van der Waals surface area contributed by atoms with Crippen LogP contribution in [0.5, 0.6) is 0 Å². The second kappa shape index (κ2) is 11.5. The van der Waals surface area contributed by atoms with Gasteiger partial charge in [-0.25, -0.2) is 5.43 Å². The average molecular weight is 411 g/mol. The van der Waals surface area contributed by atoms with E-state index in [0.717, 1.165) is 0 Å². The topological polar surface area (TPSA) is 117 Å². The van der Waals surface area contributed by atoms with Crippen LogP contribution in [0.1, 0.15) is 47.0 Å². The molecule has 0 radical (unpaired) electrons. The molecular formula is C20H34N4O5. The van der Waals surface area contributed by atoms with Gasteiger partial charge in [-0.3, -0.25) is 24.2 Å². The molecule has 0 aromatic carbocycles. The second-order valence-corrected chi connectivity index (χ2v) is 7.72. The zero-order valence-corrected chi connectivity index (χ0v) is 18.0. The third-order valence-electron chi connectivity index (χ3n) is 4.88. The fourth-order valence-electron chi connectivity index (χ4n) is 3.04. The van der Waals surface area contributed by atoms with Crippen molar-refractivity contribution in [3.63, 3.8) is 0 Å². The predicted molar refractivity (Wildman–Crippen MR) is 108 cm³/mol. The molecule has 1 aliphatic rings. The van der Waals surface area contributed by atoms with E-state index >= 15 is 0 Å². The van der Waals surface area contributed by atoms with Crippen LogP contribution in [0.25, 0.3) is 0 Å². The Hall–Kier alpha value is -2.42. The number of ether oxygens (including phenoxy) is 1. The standard InChI is InChI=1S/C20H34N4O5/c1-7-9-13(4)17(25)22-16(12(2)3)18(26)21-14(5)19(27)24-11-8-10-15(23-24)20(28)29-6/h7,12-16,23H,1,8-11H2,2-6H3,(H,21,26)(H,22,25)/t13-,14+,15+,16+/m1/s1. The molecule has 0 bridgehead atoms. The summed E-state index contributed by atoms with van der Waals surface area (Å²) in [6.07, 6.45) is 3.38. The van der Waals surface area contributed by atoms with Crippen molar-refractivity contribution < 1.29 is 23.9 Å². The molecule has 3 N–H and O–H groups in total. The fourth-order valence-corrected chi connectivity index (χ4v) is 3.04. The van der Waals surface area contributed by atoms with Crippen molar-refractivity contribution in [3.8, 4) is 0 Å². The first-order valence-corrected chi connectivity index (χ1v) is 9.99. The van der Waals surface area contributed by atoms with Crippen LogP contribution < -0.4 is 16.1 Å². The maximum atomic E-state index is 12.7. The fraction of sp³-hybridized carbons (Fsp3) is 0.700. The Kier molecular flexibility index (Phi) is 9.80. The van der Waals surface area contributed by atoms with Gasteiger partial charge in [0.2, 0.25) is 11.8 Å². The normalized spacial score (nSPS) is 19.7. The number of carbonyl (C=O) groups excluding carboxylic acids is 4. The Morgan fingerprint density at radius 1 is 1.17 bits per heavy atom. The molecular weight excluding hydrogens is 376 g/mol. The molecule has 0 aliphatic carbocycles. The molecule has 1 fully saturated rings. The van der Waals surface area contributed by atoms with E-state index in [1.807, 2.05) is 13.8 Å². The Labute approximate surface area is 172 Å². The minimum absolute atomic E-state index is 0.158. The summed E-state index contributed by atoms with van der Waals surface area (Å²) in [7, 11) is 1.30. The molecule has 1 heterocycles. The predicted octanol–water partition coefficient (Wildman–Crippen LogP) is 0.513. The molecule has 0 spiro atoms. The highest BCUT2D eigenvalue weighted by atomic mass is 16.5. The summed E-state index contributed by atoms with van der Waals surface area (Å²) in [6, 6.07) is -2.17. The second-order valence-electron chi connectivity index (χ2n) is 7.72. The summed E-state index contributed by atoms with van der Waals surface area (Å²) in [5.74, 6) is -1.92. The average Bonchev–Trinajstić information content (AvgIpc) is 2.70. The first kappa shape index (κ1) is 24.6. The number of esters is 1. The van der Waals surface area contributed by atoms with Crippen molar-refractivity contribution in [2.45, 2.75) is 65.1 Å². The van der Waals surface area contributed by atoms with E-state index in [1.54, 1.807) is 19.9 Å².